The molecule has 3 fully saturated rings. The van der Waals surface area contributed by atoms with E-state index in [1.54, 1.807) is 37.3 Å². The van der Waals surface area contributed by atoms with Gasteiger partial charge in [0.25, 0.3) is 0 Å². The summed E-state index contributed by atoms with van der Waals surface area (Å²) in [5.41, 5.74) is 7.01. The fraction of sp³-hybridized carbons (Fsp3) is 0.467. The van der Waals surface area contributed by atoms with Crippen LogP contribution in [0.4, 0.5) is 0 Å². The van der Waals surface area contributed by atoms with Gasteiger partial charge in [0.05, 0.1) is 36.3 Å². The molecule has 282 valence electrons. The molecule has 0 radical (unpaired) electrons. The number of rotatable bonds is 0. The third-order valence-corrected chi connectivity index (χ3v) is 11.5. The van der Waals surface area contributed by atoms with Crippen molar-refractivity contribution in [1.82, 2.24) is 0 Å². The third-order valence-electron chi connectivity index (χ3n) is 11.5. The van der Waals surface area contributed by atoms with Gasteiger partial charge in [-0.2, -0.15) is 0 Å². The molecule has 0 unspecified atom stereocenters. The maximum atomic E-state index is 11.4. The Hall–Kier alpha value is -4.92. The normalized spacial score (nSPS) is 26.1. The smallest absolute Gasteiger partial charge is 0.133 e. The van der Waals surface area contributed by atoms with Crippen LogP contribution in [0, 0.1) is 20.8 Å². The maximum absolute atomic E-state index is 11.4. The minimum absolute atomic E-state index is 0.0317. The van der Waals surface area contributed by atoms with Crippen molar-refractivity contribution < 1.29 is 15.3 Å². The number of benzene rings is 3. The van der Waals surface area contributed by atoms with Crippen LogP contribution in [-0.4, -0.2) is 88.9 Å². The van der Waals surface area contributed by atoms with Gasteiger partial charge >= 0.3 is 0 Å². The van der Waals surface area contributed by atoms with Crippen molar-refractivity contribution in [3.05, 3.63) is 86.5 Å². The molecular formula is C45H54N6O3. The minimum Gasteiger partial charge on any atom is -0.507 e. The average Bonchev–Trinajstić information content (AvgIpc) is 3.17. The number of hydrogen-bond acceptors (Lipinski definition) is 9. The van der Waals surface area contributed by atoms with Gasteiger partial charge in [0.2, 0.25) is 0 Å². The van der Waals surface area contributed by atoms with Crippen LogP contribution < -0.4 is 0 Å². The summed E-state index contributed by atoms with van der Waals surface area (Å²) in [6, 6.07) is 11.6. The van der Waals surface area contributed by atoms with E-state index in [4.69, 9.17) is 30.0 Å². The Balaban J connectivity index is 1.29. The summed E-state index contributed by atoms with van der Waals surface area (Å²) in [6.07, 6.45) is 22.7. The van der Waals surface area contributed by atoms with Gasteiger partial charge in [0.15, 0.2) is 0 Å². The van der Waals surface area contributed by atoms with Crippen LogP contribution in [0.1, 0.15) is 127 Å². The van der Waals surface area contributed by atoms with Gasteiger partial charge in [-0.15, -0.1) is 0 Å². The first-order chi connectivity index (χ1) is 26.2. The van der Waals surface area contributed by atoms with Gasteiger partial charge in [-0.1, -0.05) is 38.5 Å². The van der Waals surface area contributed by atoms with Crippen molar-refractivity contribution in [3.8, 4) is 17.2 Å². The van der Waals surface area contributed by atoms with Gasteiger partial charge in [-0.3, -0.25) is 30.0 Å². The van der Waals surface area contributed by atoms with E-state index in [0.29, 0.717) is 33.4 Å². The molecule has 0 saturated heterocycles. The van der Waals surface area contributed by atoms with Crippen molar-refractivity contribution >= 4 is 37.3 Å². The predicted octanol–water partition coefficient (Wildman–Crippen LogP) is 8.59. The number of fused-ring (bicyclic) bond motifs is 9. The van der Waals surface area contributed by atoms with E-state index in [2.05, 4.69) is 0 Å². The monoisotopic (exact) mass is 726 g/mol. The molecule has 54 heavy (non-hydrogen) atoms. The molecule has 0 amide bonds. The van der Waals surface area contributed by atoms with E-state index in [1.165, 1.54) is 0 Å². The molecule has 3 saturated carbocycles. The molecule has 6 atom stereocenters. The third kappa shape index (κ3) is 8.88. The number of aliphatic imine (C=N–C) groups is 6. The van der Waals surface area contributed by atoms with Gasteiger partial charge in [-0.05, 0) is 112 Å². The molecule has 4 aliphatic rings. The summed E-state index contributed by atoms with van der Waals surface area (Å²) in [4.78, 5) is 30.0. The lowest BCUT2D eigenvalue weighted by Gasteiger charge is -2.26. The Kier molecular flexibility index (Phi) is 11.8. The average molecular weight is 727 g/mol. The highest BCUT2D eigenvalue weighted by Gasteiger charge is 2.26. The summed E-state index contributed by atoms with van der Waals surface area (Å²) in [7, 11) is 0. The van der Waals surface area contributed by atoms with Crippen LogP contribution >= 0.6 is 0 Å². The van der Waals surface area contributed by atoms with Crippen LogP contribution in [0.2, 0.25) is 0 Å². The topological polar surface area (TPSA) is 135 Å². The quantitative estimate of drug-likeness (QED) is 0.214. The summed E-state index contributed by atoms with van der Waals surface area (Å²) in [5, 5.41) is 34.2. The fourth-order valence-electron chi connectivity index (χ4n) is 8.47. The Morgan fingerprint density at radius 3 is 0.667 bits per heavy atom. The molecule has 3 aromatic carbocycles. The standard InChI is InChI=1S/C45H54N6O3/c1-28-16-31-22-46-37-10-4-6-12-39(37)48-24-33-18-29(2)20-35(44(33)53)26-50-41-14-8-9-15-42(41)51-27-36-21-30(3)19-34(45(36)54)25-49-40-13-7-5-11-38(40)47-23-32(17-28)43(31)52/h16-27,37-42,52-54H,4-15H2,1-3H3/t37-,38-,39-,40-,41-,42-/m1/s1. The molecule has 9 nitrogen and oxygen atoms in total. The molecule has 9 heteroatoms. The Morgan fingerprint density at radius 1 is 0.333 bits per heavy atom. The summed E-state index contributed by atoms with van der Waals surface area (Å²) in [5.74, 6) is 0.485. The van der Waals surface area contributed by atoms with Crippen molar-refractivity contribution in [2.45, 2.75) is 134 Å². The first kappa shape index (κ1) is 37.4. The van der Waals surface area contributed by atoms with Gasteiger partial charge in [0, 0.05) is 70.7 Å². The number of nitrogens with zero attached hydrogens (tertiary/aromatic N) is 6. The van der Waals surface area contributed by atoms with Crippen molar-refractivity contribution in [1.29, 1.82) is 0 Å². The molecular weight excluding hydrogens is 673 g/mol. The van der Waals surface area contributed by atoms with Crippen LogP contribution in [-0.2, 0) is 0 Å². The number of aryl methyl sites for hydroxylation is 3. The second-order valence-electron chi connectivity index (χ2n) is 15.8. The lowest BCUT2D eigenvalue weighted by Crippen LogP contribution is -2.27. The Morgan fingerprint density at radius 2 is 0.500 bits per heavy atom. The highest BCUT2D eigenvalue weighted by Crippen LogP contribution is 2.31. The first-order valence-electron chi connectivity index (χ1n) is 19.9. The molecule has 7 rings (SSSR count). The summed E-state index contributed by atoms with van der Waals surface area (Å²) in [6.45, 7) is 6.06. The molecule has 3 N–H and O–H groups in total. The highest BCUT2D eigenvalue weighted by atomic mass is 16.3. The van der Waals surface area contributed by atoms with E-state index in [-0.39, 0.29) is 53.5 Å². The summed E-state index contributed by atoms with van der Waals surface area (Å²) < 4.78 is 0. The maximum Gasteiger partial charge on any atom is 0.133 e. The second-order valence-corrected chi connectivity index (χ2v) is 15.8. The minimum atomic E-state index is -0.0317. The van der Waals surface area contributed by atoms with Crippen molar-refractivity contribution in [3.63, 3.8) is 0 Å². The largest absolute Gasteiger partial charge is 0.507 e. The highest BCUT2D eigenvalue weighted by molar-refractivity contribution is 5.94. The molecule has 6 bridgehead atoms. The SMILES string of the molecule is Cc1cc2c(O)c(c1)C=N[C@@H]1CCCC[C@H]1N=Cc1cc(C)cc(c1O)C=N[C@@H]1CCCC[C@H]1N=Cc1cc(C)cc(c1O)C=N[C@@H]1CCCC[C@H]1N=C2. The molecule has 0 aromatic heterocycles. The second kappa shape index (κ2) is 17.0. The van der Waals surface area contributed by atoms with Gasteiger partial charge in [-0.25, -0.2) is 0 Å². The predicted molar refractivity (Wildman–Crippen MR) is 222 cm³/mol. The van der Waals surface area contributed by atoms with Crippen LogP contribution in [0.5, 0.6) is 17.2 Å². The van der Waals surface area contributed by atoms with E-state index < -0.39 is 0 Å². The van der Waals surface area contributed by atoms with Crippen LogP contribution in [0.25, 0.3) is 0 Å². The lowest BCUT2D eigenvalue weighted by molar-refractivity contribution is 0.389. The van der Waals surface area contributed by atoms with E-state index in [9.17, 15) is 15.3 Å². The van der Waals surface area contributed by atoms with Crippen LogP contribution in [0.3, 0.4) is 0 Å². The van der Waals surface area contributed by atoms with E-state index in [1.807, 2.05) is 57.2 Å². The molecule has 1 aliphatic heterocycles. The molecule has 3 aliphatic carbocycles. The number of aromatic hydroxyl groups is 3. The first-order valence-corrected chi connectivity index (χ1v) is 19.9. The van der Waals surface area contributed by atoms with E-state index >= 15 is 0 Å². The van der Waals surface area contributed by atoms with Gasteiger partial charge in [0.1, 0.15) is 17.2 Å². The zero-order valence-corrected chi connectivity index (χ0v) is 31.9. The number of phenolic OH excluding ortho intramolecular Hbond substituents is 3. The number of hydrogen-bond donors (Lipinski definition) is 3. The molecule has 0 spiro atoms. The van der Waals surface area contributed by atoms with Crippen molar-refractivity contribution in [2.24, 2.45) is 30.0 Å². The molecule has 1 heterocycles. The number of phenols is 3. The van der Waals surface area contributed by atoms with Gasteiger partial charge < -0.3 is 15.3 Å². The van der Waals surface area contributed by atoms with E-state index in [0.717, 1.165) is 93.7 Å². The Bertz CT molecular complexity index is 1660. The van der Waals surface area contributed by atoms with Crippen LogP contribution in [0.15, 0.2) is 66.4 Å². The molecule has 3 aromatic rings. The lowest BCUT2D eigenvalue weighted by atomic mass is 9.91. The zero-order valence-electron chi connectivity index (χ0n) is 31.9. The summed E-state index contributed by atoms with van der Waals surface area (Å²) >= 11 is 0. The van der Waals surface area contributed by atoms with Crippen molar-refractivity contribution in [2.75, 3.05) is 0 Å². The Labute approximate surface area is 319 Å². The fourth-order valence-corrected chi connectivity index (χ4v) is 8.47. The zero-order chi connectivity index (χ0) is 37.6.